The molecule has 0 aliphatic carbocycles. The molecule has 2 unspecified atom stereocenters. The summed E-state index contributed by atoms with van der Waals surface area (Å²) in [6.07, 6.45) is -3.67. The van der Waals surface area contributed by atoms with Crippen molar-refractivity contribution < 1.29 is 43.4 Å². The van der Waals surface area contributed by atoms with E-state index in [1.807, 2.05) is 0 Å². The molecule has 0 rings (SSSR count). The van der Waals surface area contributed by atoms with Crippen molar-refractivity contribution in [2.75, 3.05) is 0 Å². The fraction of sp³-hybridized carbons (Fsp3) is 0.462. The van der Waals surface area contributed by atoms with Crippen molar-refractivity contribution in [1.29, 1.82) is 0 Å². The van der Waals surface area contributed by atoms with E-state index in [0.717, 1.165) is 0 Å². The van der Waals surface area contributed by atoms with Crippen LogP contribution in [0.25, 0.3) is 0 Å². The van der Waals surface area contributed by atoms with Crippen LogP contribution in [0.2, 0.25) is 0 Å². The predicted octanol–water partition coefficient (Wildman–Crippen LogP) is 1.93. The average molecular weight is 318 g/mol. The first-order chi connectivity index (χ1) is 10.1. The Balaban J connectivity index is 4.01. The maximum atomic E-state index is 11.3. The summed E-state index contributed by atoms with van der Waals surface area (Å²) in [6, 6.07) is 0. The summed E-state index contributed by atoms with van der Waals surface area (Å²) in [7, 11) is 0. The minimum absolute atomic E-state index is 0.108. The minimum Gasteiger partial charge on any atom is -0.401 e. The molecule has 0 aromatic carbocycles. The van der Waals surface area contributed by atoms with E-state index in [9.17, 15) is 14.4 Å². The molecule has 0 radical (unpaired) electrons. The van der Waals surface area contributed by atoms with Crippen LogP contribution in [0.5, 0.6) is 0 Å². The van der Waals surface area contributed by atoms with E-state index in [1.165, 1.54) is 27.7 Å². The van der Waals surface area contributed by atoms with Gasteiger partial charge in [-0.2, -0.15) is 0 Å². The monoisotopic (exact) mass is 318 g/mol. The Morgan fingerprint density at radius 3 is 1.36 bits per heavy atom. The van der Waals surface area contributed by atoms with E-state index in [2.05, 4.69) is 42.2 Å². The van der Waals surface area contributed by atoms with Gasteiger partial charge in [0.2, 0.25) is 12.6 Å². The molecule has 9 nitrogen and oxygen atoms in total. The first-order valence-corrected chi connectivity index (χ1v) is 6.07. The molecule has 0 N–H and O–H groups in total. The molecule has 0 aromatic rings. The van der Waals surface area contributed by atoms with Crippen LogP contribution < -0.4 is 0 Å². The second kappa shape index (κ2) is 9.53. The van der Waals surface area contributed by atoms with E-state index >= 15 is 0 Å². The van der Waals surface area contributed by atoms with Gasteiger partial charge in [0, 0.05) is 25.0 Å². The van der Waals surface area contributed by atoms with Gasteiger partial charge in [-0.1, -0.05) is 13.2 Å². The first-order valence-electron chi connectivity index (χ1n) is 6.07. The van der Waals surface area contributed by atoms with Crippen molar-refractivity contribution in [2.24, 2.45) is 0 Å². The molecule has 2 atom stereocenters. The molecular weight excluding hydrogens is 300 g/mol. The van der Waals surface area contributed by atoms with Crippen LogP contribution in [0.3, 0.4) is 0 Å². The molecular formula is C13H18O9. The van der Waals surface area contributed by atoms with Crippen LogP contribution in [0.15, 0.2) is 24.3 Å². The molecule has 0 amide bonds. The minimum atomic E-state index is -1.24. The first kappa shape index (κ1) is 19.6. The Kier molecular flexibility index (Phi) is 8.49. The zero-order chi connectivity index (χ0) is 17.3. The van der Waals surface area contributed by atoms with E-state index in [4.69, 9.17) is 0 Å². The van der Waals surface area contributed by atoms with Crippen molar-refractivity contribution in [3.63, 3.8) is 0 Å². The van der Waals surface area contributed by atoms with Gasteiger partial charge in [0.25, 0.3) is 0 Å². The highest BCUT2D eigenvalue weighted by Gasteiger charge is 2.19. The molecule has 0 aromatic heterocycles. The molecule has 0 saturated carbocycles. The Morgan fingerprint density at radius 2 is 1.09 bits per heavy atom. The van der Waals surface area contributed by atoms with Gasteiger partial charge in [0.15, 0.2) is 0 Å². The summed E-state index contributed by atoms with van der Waals surface area (Å²) in [4.78, 5) is 50.9. The number of rotatable bonds is 8. The third kappa shape index (κ3) is 8.72. The molecule has 0 fully saturated rings. The van der Waals surface area contributed by atoms with Gasteiger partial charge in [-0.05, 0) is 13.8 Å². The van der Waals surface area contributed by atoms with E-state index in [0.29, 0.717) is 0 Å². The van der Waals surface area contributed by atoms with Gasteiger partial charge in [0.05, 0.1) is 0 Å². The molecule has 22 heavy (non-hydrogen) atoms. The summed E-state index contributed by atoms with van der Waals surface area (Å²) >= 11 is 0. The SMILES string of the molecule is C=C(C)C(=O)OOC(C)OC(=O)OC(C)OOC(=O)C(=C)C. The lowest BCUT2D eigenvalue weighted by molar-refractivity contribution is -0.350. The van der Waals surface area contributed by atoms with Crippen LogP contribution in [0, 0.1) is 0 Å². The lowest BCUT2D eigenvalue weighted by Crippen LogP contribution is -2.25. The molecule has 0 spiro atoms. The zero-order valence-corrected chi connectivity index (χ0v) is 12.7. The second-order valence-corrected chi connectivity index (χ2v) is 4.12. The van der Waals surface area contributed by atoms with Crippen LogP contribution in [0.4, 0.5) is 4.79 Å². The summed E-state index contributed by atoms with van der Waals surface area (Å²) in [5, 5.41) is 0. The van der Waals surface area contributed by atoms with Gasteiger partial charge in [0.1, 0.15) is 0 Å². The zero-order valence-electron chi connectivity index (χ0n) is 12.7. The molecule has 0 heterocycles. The maximum Gasteiger partial charge on any atom is 0.513 e. The Hall–Kier alpha value is -2.39. The molecule has 124 valence electrons. The summed E-state index contributed by atoms with van der Waals surface area (Å²) in [5.41, 5.74) is 0.215. The summed E-state index contributed by atoms with van der Waals surface area (Å²) < 4.78 is 9.15. The summed E-state index contributed by atoms with van der Waals surface area (Å²) in [6.45, 7) is 12.0. The van der Waals surface area contributed by atoms with Crippen molar-refractivity contribution in [2.45, 2.75) is 40.3 Å². The van der Waals surface area contributed by atoms with E-state index in [1.54, 1.807) is 0 Å². The standard InChI is InChI=1S/C13H18O9/c1-7(2)11(14)21-19-9(5)17-13(16)18-10(6)20-22-12(15)8(3)4/h9-10H,1,3H2,2,4-6H3. The third-order valence-corrected chi connectivity index (χ3v) is 1.74. The fourth-order valence-corrected chi connectivity index (χ4v) is 0.703. The third-order valence-electron chi connectivity index (χ3n) is 1.74. The number of hydrogen-bond acceptors (Lipinski definition) is 9. The normalized spacial score (nSPS) is 12.5. The highest BCUT2D eigenvalue weighted by molar-refractivity contribution is 5.86. The lowest BCUT2D eigenvalue weighted by atomic mass is 10.4. The Labute approximate surface area is 127 Å². The van der Waals surface area contributed by atoms with Crippen LogP contribution in [-0.2, 0) is 38.6 Å². The van der Waals surface area contributed by atoms with Crippen molar-refractivity contribution in [3.8, 4) is 0 Å². The quantitative estimate of drug-likeness (QED) is 0.218. The van der Waals surface area contributed by atoms with Gasteiger partial charge >= 0.3 is 18.1 Å². The number of carbonyl (C=O) groups is 3. The number of ether oxygens (including phenoxy) is 2. The Bertz CT molecular complexity index is 414. The van der Waals surface area contributed by atoms with Crippen molar-refractivity contribution in [3.05, 3.63) is 24.3 Å². The number of hydrogen-bond donors (Lipinski definition) is 0. The van der Waals surface area contributed by atoms with Gasteiger partial charge in [-0.15, -0.1) is 9.78 Å². The maximum absolute atomic E-state index is 11.3. The van der Waals surface area contributed by atoms with Gasteiger partial charge < -0.3 is 9.47 Å². The number of carbonyl (C=O) groups excluding carboxylic acids is 3. The van der Waals surface area contributed by atoms with Crippen molar-refractivity contribution in [1.82, 2.24) is 0 Å². The average Bonchev–Trinajstić information content (AvgIpc) is 2.41. The summed E-state index contributed by atoms with van der Waals surface area (Å²) in [5.74, 6) is -1.63. The molecule has 9 heteroatoms. The van der Waals surface area contributed by atoms with Crippen LogP contribution in [0.1, 0.15) is 27.7 Å². The molecule has 0 aliphatic rings. The van der Waals surface area contributed by atoms with Gasteiger partial charge in [-0.3, -0.25) is 9.78 Å². The topological polar surface area (TPSA) is 107 Å². The van der Waals surface area contributed by atoms with Crippen LogP contribution in [-0.4, -0.2) is 30.7 Å². The highest BCUT2D eigenvalue weighted by atomic mass is 17.2. The molecule has 0 bridgehead atoms. The molecule has 0 saturated heterocycles. The van der Waals surface area contributed by atoms with E-state index < -0.39 is 30.7 Å². The largest absolute Gasteiger partial charge is 0.513 e. The van der Waals surface area contributed by atoms with Crippen LogP contribution >= 0.6 is 0 Å². The van der Waals surface area contributed by atoms with Gasteiger partial charge in [-0.25, -0.2) is 14.4 Å². The predicted molar refractivity (Wildman–Crippen MR) is 70.5 cm³/mol. The Morgan fingerprint density at radius 1 is 0.773 bits per heavy atom. The lowest BCUT2D eigenvalue weighted by Gasteiger charge is -2.15. The molecule has 0 aliphatic heterocycles. The second-order valence-electron chi connectivity index (χ2n) is 4.12. The van der Waals surface area contributed by atoms with Crippen molar-refractivity contribution >= 4 is 18.1 Å². The fourth-order valence-electron chi connectivity index (χ4n) is 0.703. The van der Waals surface area contributed by atoms with E-state index in [-0.39, 0.29) is 11.1 Å². The highest BCUT2D eigenvalue weighted by Crippen LogP contribution is 2.04. The smallest absolute Gasteiger partial charge is 0.401 e.